The van der Waals surface area contributed by atoms with E-state index in [0.29, 0.717) is 18.9 Å². The molecule has 0 unspecified atom stereocenters. The maximum absolute atomic E-state index is 11.1. The number of aromatic carboxylic acids is 1. The zero-order valence-corrected chi connectivity index (χ0v) is 14.3. The van der Waals surface area contributed by atoms with E-state index in [0.717, 1.165) is 29.0 Å². The first-order valence-corrected chi connectivity index (χ1v) is 7.92. The van der Waals surface area contributed by atoms with E-state index in [9.17, 15) is 4.79 Å². The number of methoxy groups -OCH3 is 1. The molecule has 5 heteroatoms. The van der Waals surface area contributed by atoms with Gasteiger partial charge in [-0.1, -0.05) is 19.1 Å². The van der Waals surface area contributed by atoms with Crippen molar-refractivity contribution in [1.82, 2.24) is 0 Å². The van der Waals surface area contributed by atoms with Gasteiger partial charge in [0, 0.05) is 12.2 Å². The zero-order valence-electron chi connectivity index (χ0n) is 14.3. The van der Waals surface area contributed by atoms with Crippen molar-refractivity contribution in [2.24, 2.45) is 0 Å². The Hall–Kier alpha value is -2.69. The van der Waals surface area contributed by atoms with Crippen molar-refractivity contribution in [3.05, 3.63) is 53.1 Å². The molecule has 0 aliphatic rings. The highest BCUT2D eigenvalue weighted by Crippen LogP contribution is 2.28. The topological polar surface area (TPSA) is 67.8 Å². The van der Waals surface area contributed by atoms with Crippen molar-refractivity contribution in [3.63, 3.8) is 0 Å². The molecule has 2 aromatic carbocycles. The fourth-order valence-corrected chi connectivity index (χ4v) is 2.30. The van der Waals surface area contributed by atoms with E-state index in [1.165, 1.54) is 0 Å². The molecule has 0 saturated carbocycles. The summed E-state index contributed by atoms with van der Waals surface area (Å²) in [6, 6.07) is 10.8. The Balaban J connectivity index is 2.12. The van der Waals surface area contributed by atoms with Gasteiger partial charge < -0.3 is 19.9 Å². The third-order valence-electron chi connectivity index (χ3n) is 3.66. The quantitative estimate of drug-likeness (QED) is 0.763. The Morgan fingerprint density at radius 2 is 1.96 bits per heavy atom. The number of carboxylic acids is 1. The summed E-state index contributed by atoms with van der Waals surface area (Å²) in [5.41, 5.74) is 3.09. The van der Waals surface area contributed by atoms with Crippen LogP contribution in [0.25, 0.3) is 0 Å². The minimum absolute atomic E-state index is 0.268. The molecule has 0 fully saturated rings. The zero-order chi connectivity index (χ0) is 17.5. The molecule has 0 saturated heterocycles. The normalized spacial score (nSPS) is 10.3. The molecule has 2 aromatic rings. The molecule has 0 heterocycles. The largest absolute Gasteiger partial charge is 0.493 e. The van der Waals surface area contributed by atoms with Gasteiger partial charge >= 0.3 is 5.97 Å². The van der Waals surface area contributed by atoms with E-state index in [1.54, 1.807) is 25.3 Å². The molecule has 24 heavy (non-hydrogen) atoms. The van der Waals surface area contributed by atoms with E-state index in [1.807, 2.05) is 25.1 Å². The van der Waals surface area contributed by atoms with Gasteiger partial charge in [-0.3, -0.25) is 0 Å². The Morgan fingerprint density at radius 1 is 1.17 bits per heavy atom. The molecule has 0 amide bonds. The van der Waals surface area contributed by atoms with E-state index < -0.39 is 5.97 Å². The molecule has 0 aromatic heterocycles. The molecule has 0 aliphatic heterocycles. The molecule has 0 aliphatic carbocycles. The van der Waals surface area contributed by atoms with Crippen LogP contribution in [-0.2, 0) is 6.54 Å². The summed E-state index contributed by atoms with van der Waals surface area (Å²) >= 11 is 0. The van der Waals surface area contributed by atoms with Gasteiger partial charge in [0.05, 0.1) is 19.3 Å². The second kappa shape index (κ2) is 8.24. The summed E-state index contributed by atoms with van der Waals surface area (Å²) < 4.78 is 11.0. The minimum Gasteiger partial charge on any atom is -0.493 e. The Bertz CT molecular complexity index is 713. The number of carboxylic acid groups (broad SMARTS) is 1. The second-order valence-corrected chi connectivity index (χ2v) is 5.52. The third kappa shape index (κ3) is 4.41. The fourth-order valence-electron chi connectivity index (χ4n) is 2.30. The van der Waals surface area contributed by atoms with Gasteiger partial charge in [0.1, 0.15) is 0 Å². The van der Waals surface area contributed by atoms with E-state index in [4.69, 9.17) is 14.6 Å². The van der Waals surface area contributed by atoms with Gasteiger partial charge in [-0.2, -0.15) is 0 Å². The molecular formula is C19H23NO4. The summed E-state index contributed by atoms with van der Waals surface area (Å²) in [5.74, 6) is 0.489. The van der Waals surface area contributed by atoms with Gasteiger partial charge in [0.2, 0.25) is 0 Å². The monoisotopic (exact) mass is 329 g/mol. The van der Waals surface area contributed by atoms with Gasteiger partial charge in [-0.25, -0.2) is 4.79 Å². The van der Waals surface area contributed by atoms with Gasteiger partial charge in [0.15, 0.2) is 11.5 Å². The number of aryl methyl sites for hydroxylation is 1. The first kappa shape index (κ1) is 17.7. The number of benzene rings is 2. The second-order valence-electron chi connectivity index (χ2n) is 5.52. The van der Waals surface area contributed by atoms with Gasteiger partial charge in [0.25, 0.3) is 0 Å². The van der Waals surface area contributed by atoms with E-state index in [-0.39, 0.29) is 5.56 Å². The molecule has 2 N–H and O–H groups in total. The average molecular weight is 329 g/mol. The van der Waals surface area contributed by atoms with Crippen LogP contribution in [0, 0.1) is 6.92 Å². The maximum Gasteiger partial charge on any atom is 0.335 e. The average Bonchev–Trinajstić information content (AvgIpc) is 2.59. The molecular weight excluding hydrogens is 306 g/mol. The molecule has 0 atom stereocenters. The lowest BCUT2D eigenvalue weighted by atomic mass is 10.1. The highest BCUT2D eigenvalue weighted by molar-refractivity contribution is 5.89. The van der Waals surface area contributed by atoms with E-state index >= 15 is 0 Å². The van der Waals surface area contributed by atoms with Gasteiger partial charge in [-0.15, -0.1) is 0 Å². The van der Waals surface area contributed by atoms with Crippen molar-refractivity contribution in [2.75, 3.05) is 19.0 Å². The molecule has 0 bridgehead atoms. The number of ether oxygens (including phenoxy) is 2. The number of nitrogens with one attached hydrogen (secondary N) is 1. The number of hydrogen-bond donors (Lipinski definition) is 2. The predicted octanol–water partition coefficient (Wildman–Crippen LogP) is 4.10. The van der Waals surface area contributed by atoms with Crippen LogP contribution in [-0.4, -0.2) is 24.8 Å². The van der Waals surface area contributed by atoms with Crippen LogP contribution in [0.15, 0.2) is 36.4 Å². The fraction of sp³-hybridized carbons (Fsp3) is 0.316. The van der Waals surface area contributed by atoms with Crippen LogP contribution in [0.1, 0.15) is 34.8 Å². The number of anilines is 1. The summed E-state index contributed by atoms with van der Waals surface area (Å²) in [4.78, 5) is 11.1. The Morgan fingerprint density at radius 3 is 2.62 bits per heavy atom. The molecule has 0 spiro atoms. The lowest BCUT2D eigenvalue weighted by Gasteiger charge is -2.14. The summed E-state index contributed by atoms with van der Waals surface area (Å²) in [6.07, 6.45) is 0.936. The first-order chi connectivity index (χ1) is 11.5. The van der Waals surface area contributed by atoms with Crippen molar-refractivity contribution < 1.29 is 19.4 Å². The van der Waals surface area contributed by atoms with Crippen LogP contribution in [0.4, 0.5) is 5.69 Å². The highest BCUT2D eigenvalue weighted by Gasteiger charge is 2.08. The molecule has 0 radical (unpaired) electrons. The highest BCUT2D eigenvalue weighted by atomic mass is 16.5. The lowest BCUT2D eigenvalue weighted by molar-refractivity contribution is 0.0697. The van der Waals surface area contributed by atoms with Crippen LogP contribution in [0.2, 0.25) is 0 Å². The molecule has 128 valence electrons. The molecule has 5 nitrogen and oxygen atoms in total. The summed E-state index contributed by atoms with van der Waals surface area (Å²) in [5, 5.41) is 12.4. The maximum atomic E-state index is 11.1. The lowest BCUT2D eigenvalue weighted by Crippen LogP contribution is -2.04. The SMILES string of the molecule is CCCOc1ccc(CNc2cc(C(=O)O)ccc2C)cc1OC. The van der Waals surface area contributed by atoms with Crippen LogP contribution in [0.5, 0.6) is 11.5 Å². The third-order valence-corrected chi connectivity index (χ3v) is 3.66. The minimum atomic E-state index is -0.933. The van der Waals surface area contributed by atoms with Gasteiger partial charge in [-0.05, 0) is 48.7 Å². The Kier molecular flexibility index (Phi) is 6.07. The summed E-state index contributed by atoms with van der Waals surface area (Å²) in [7, 11) is 1.62. The number of carbonyl (C=O) groups is 1. The van der Waals surface area contributed by atoms with Crippen molar-refractivity contribution >= 4 is 11.7 Å². The smallest absolute Gasteiger partial charge is 0.335 e. The van der Waals surface area contributed by atoms with Crippen molar-refractivity contribution in [2.45, 2.75) is 26.8 Å². The van der Waals surface area contributed by atoms with Crippen molar-refractivity contribution in [1.29, 1.82) is 0 Å². The first-order valence-electron chi connectivity index (χ1n) is 7.92. The number of hydrogen-bond acceptors (Lipinski definition) is 4. The number of rotatable bonds is 8. The standard InChI is InChI=1S/C19H23NO4/c1-4-9-24-17-8-6-14(10-18(17)23-3)12-20-16-11-15(19(21)22)7-5-13(16)2/h5-8,10-11,20H,4,9,12H2,1-3H3,(H,21,22). The summed E-state index contributed by atoms with van der Waals surface area (Å²) in [6.45, 7) is 5.21. The van der Waals surface area contributed by atoms with Crippen LogP contribution in [0.3, 0.4) is 0 Å². The van der Waals surface area contributed by atoms with E-state index in [2.05, 4.69) is 12.2 Å². The predicted molar refractivity (Wildman–Crippen MR) is 94.2 cm³/mol. The van der Waals surface area contributed by atoms with Crippen LogP contribution >= 0.6 is 0 Å². The van der Waals surface area contributed by atoms with Crippen LogP contribution < -0.4 is 14.8 Å². The van der Waals surface area contributed by atoms with Crippen molar-refractivity contribution in [3.8, 4) is 11.5 Å². The Labute approximate surface area is 142 Å². The molecule has 2 rings (SSSR count).